The smallest absolute Gasteiger partial charge is 0.302 e. The van der Waals surface area contributed by atoms with Crippen LogP contribution in [0.3, 0.4) is 0 Å². The third-order valence-electron chi connectivity index (χ3n) is 3.08. The summed E-state index contributed by atoms with van der Waals surface area (Å²) < 4.78 is 4.68. The minimum Gasteiger partial charge on any atom is -0.464 e. The van der Waals surface area contributed by atoms with Gasteiger partial charge in [-0.1, -0.05) is 48.0 Å². The topological polar surface area (TPSA) is 92.8 Å². The summed E-state index contributed by atoms with van der Waals surface area (Å²) in [5, 5.41) is 3.07. The number of ether oxygens (including phenoxy) is 1. The molecule has 0 aliphatic rings. The summed E-state index contributed by atoms with van der Waals surface area (Å²) in [4.78, 5) is 43.4. The van der Waals surface area contributed by atoms with Gasteiger partial charge in [-0.2, -0.15) is 0 Å². The van der Waals surface area contributed by atoms with E-state index in [1.165, 1.54) is 31.6 Å². The van der Waals surface area contributed by atoms with Crippen LogP contribution in [-0.4, -0.2) is 62.1 Å². The van der Waals surface area contributed by atoms with Crippen LogP contribution >= 0.6 is 0 Å². The van der Waals surface area contributed by atoms with E-state index in [9.17, 15) is 19.2 Å². The lowest BCUT2D eigenvalue weighted by Crippen LogP contribution is -2.33. The third kappa shape index (κ3) is 45.2. The number of hydrogen-bond donors (Lipinski definition) is 1. The van der Waals surface area contributed by atoms with Crippen LogP contribution in [0.25, 0.3) is 0 Å². The molecule has 0 atom stereocenters. The maximum Gasteiger partial charge on any atom is 0.302 e. The van der Waals surface area contributed by atoms with E-state index in [1.807, 2.05) is 48.6 Å². The normalized spacial score (nSPS) is 8.20. The van der Waals surface area contributed by atoms with Gasteiger partial charge < -0.3 is 24.5 Å². The lowest BCUT2D eigenvalue weighted by atomic mass is 10.1. The minimum absolute atomic E-state index is 0.126. The van der Waals surface area contributed by atoms with Crippen molar-refractivity contribution < 1.29 is 23.9 Å². The number of ketones is 1. The summed E-state index contributed by atoms with van der Waals surface area (Å²) in [7, 11) is 1.95. The molecule has 0 heterocycles. The van der Waals surface area contributed by atoms with Crippen LogP contribution in [0.1, 0.15) is 94.4 Å². The monoisotopic (exact) mass is 434 g/mol. The van der Waals surface area contributed by atoms with Gasteiger partial charge in [0, 0.05) is 33.2 Å². The molecule has 0 aromatic rings. The van der Waals surface area contributed by atoms with Gasteiger partial charge in [0.2, 0.25) is 5.91 Å². The van der Waals surface area contributed by atoms with Crippen molar-refractivity contribution in [3.63, 3.8) is 0 Å². The summed E-state index contributed by atoms with van der Waals surface area (Å²) in [5.74, 6) is -0.188. The lowest BCUT2D eigenvalue weighted by molar-refractivity contribution is -0.143. The summed E-state index contributed by atoms with van der Waals surface area (Å²) in [6, 6.07) is 0. The van der Waals surface area contributed by atoms with Crippen molar-refractivity contribution in [1.82, 2.24) is 10.2 Å². The molecule has 0 rings (SSSR count). The van der Waals surface area contributed by atoms with Crippen molar-refractivity contribution in [3.8, 4) is 0 Å². The van der Waals surface area contributed by atoms with Crippen LogP contribution < -0.4 is 5.32 Å². The first kappa shape index (κ1) is 38.8. The number of carbonyl (C=O) groups excluding carboxylic acids is 4. The average molecular weight is 435 g/mol. The summed E-state index contributed by atoms with van der Waals surface area (Å²) in [6.07, 6.45) is 5.21. The van der Waals surface area contributed by atoms with Crippen LogP contribution in [-0.2, 0) is 23.9 Å². The van der Waals surface area contributed by atoms with Crippen LogP contribution in [0.4, 0.5) is 0 Å². The second kappa shape index (κ2) is 37.9. The highest BCUT2D eigenvalue weighted by Gasteiger charge is 2.07. The quantitative estimate of drug-likeness (QED) is 0.278. The fourth-order valence-corrected chi connectivity index (χ4v) is 1.79. The Bertz CT molecular complexity index is 375. The van der Waals surface area contributed by atoms with Gasteiger partial charge >= 0.3 is 5.97 Å². The Kier molecular flexibility index (Phi) is 49.0. The van der Waals surface area contributed by atoms with Crippen molar-refractivity contribution in [2.75, 3.05) is 33.3 Å². The molecule has 0 fully saturated rings. The highest BCUT2D eigenvalue weighted by atomic mass is 16.5. The first-order valence-electron chi connectivity index (χ1n) is 11.3. The minimum atomic E-state index is -0.371. The van der Waals surface area contributed by atoms with Crippen LogP contribution in [0.15, 0.2) is 0 Å². The van der Waals surface area contributed by atoms with Gasteiger partial charge in [-0.15, -0.1) is 0 Å². The number of Topliss-reactive ketones (excluding diaryl/α,β-unsaturated/α-hetero) is 1. The van der Waals surface area contributed by atoms with Gasteiger partial charge in [-0.3, -0.25) is 9.59 Å². The molecule has 0 unspecified atom stereocenters. The highest BCUT2D eigenvalue weighted by molar-refractivity contribution is 5.75. The van der Waals surface area contributed by atoms with Crippen molar-refractivity contribution in [1.29, 1.82) is 0 Å². The Morgan fingerprint density at radius 1 is 0.867 bits per heavy atom. The summed E-state index contributed by atoms with van der Waals surface area (Å²) >= 11 is 0. The molecule has 7 nitrogen and oxygen atoms in total. The van der Waals surface area contributed by atoms with E-state index in [-0.39, 0.29) is 18.5 Å². The lowest BCUT2D eigenvalue weighted by Gasteiger charge is -2.19. The predicted molar refractivity (Wildman–Crippen MR) is 127 cm³/mol. The molecule has 0 bridgehead atoms. The zero-order valence-corrected chi connectivity index (χ0v) is 21.4. The standard InChI is InChI=1S/C9H15NO4.C8H17NO.3C2H6/c1-8(12)10(4-3-6-11)5-7-14-9(2)13;1-8(10)6-4-3-5-7-9-2;3*1-2/h6H,3-5,7H2,1-2H3;9H,3-7H2,1-2H3;3*1-2H3. The average Bonchev–Trinajstić information content (AvgIpc) is 2.74. The molecule has 1 N–H and O–H groups in total. The Balaban J connectivity index is -0.000000114. The van der Waals surface area contributed by atoms with Gasteiger partial charge in [0.25, 0.3) is 0 Å². The van der Waals surface area contributed by atoms with Gasteiger partial charge in [0.15, 0.2) is 0 Å². The molecule has 182 valence electrons. The molecular weight excluding hydrogens is 384 g/mol. The molecule has 1 amide bonds. The molecule has 0 aromatic heterocycles. The number of esters is 1. The molecule has 7 heteroatoms. The fraction of sp³-hybridized carbons (Fsp3) is 0.826. The molecule has 0 saturated carbocycles. The number of amides is 1. The number of carbonyl (C=O) groups is 4. The number of aldehydes is 1. The molecule has 0 radical (unpaired) electrons. The van der Waals surface area contributed by atoms with Crippen molar-refractivity contribution in [2.24, 2.45) is 0 Å². The first-order chi connectivity index (χ1) is 14.3. The van der Waals surface area contributed by atoms with Gasteiger partial charge in [0.1, 0.15) is 18.7 Å². The second-order valence-electron chi connectivity index (χ2n) is 5.42. The molecule has 0 aromatic carbocycles. The molecule has 0 saturated heterocycles. The maximum atomic E-state index is 11.0. The number of hydrogen-bond acceptors (Lipinski definition) is 6. The van der Waals surface area contributed by atoms with Crippen molar-refractivity contribution >= 4 is 23.9 Å². The Labute approximate surface area is 186 Å². The van der Waals surface area contributed by atoms with E-state index >= 15 is 0 Å². The molecule has 30 heavy (non-hydrogen) atoms. The fourth-order valence-electron chi connectivity index (χ4n) is 1.79. The summed E-state index contributed by atoms with van der Waals surface area (Å²) in [6.45, 7) is 18.3. The largest absolute Gasteiger partial charge is 0.464 e. The zero-order valence-electron chi connectivity index (χ0n) is 21.4. The molecule has 0 spiro atoms. The van der Waals surface area contributed by atoms with Gasteiger partial charge in [-0.05, 0) is 33.4 Å². The van der Waals surface area contributed by atoms with E-state index in [0.717, 1.165) is 25.7 Å². The van der Waals surface area contributed by atoms with Crippen molar-refractivity contribution in [2.45, 2.75) is 94.4 Å². The summed E-state index contributed by atoms with van der Waals surface area (Å²) in [5.41, 5.74) is 0. The third-order valence-corrected chi connectivity index (χ3v) is 3.08. The van der Waals surface area contributed by atoms with E-state index < -0.39 is 0 Å². The molecule has 0 aliphatic heterocycles. The Morgan fingerprint density at radius 2 is 1.40 bits per heavy atom. The zero-order chi connectivity index (χ0) is 24.8. The number of nitrogens with one attached hydrogen (secondary N) is 1. The van der Waals surface area contributed by atoms with Crippen LogP contribution in [0.2, 0.25) is 0 Å². The predicted octanol–water partition coefficient (Wildman–Crippen LogP) is 4.42. The highest BCUT2D eigenvalue weighted by Crippen LogP contribution is 1.98. The first-order valence-corrected chi connectivity index (χ1v) is 11.3. The van der Waals surface area contributed by atoms with E-state index in [1.54, 1.807) is 6.92 Å². The van der Waals surface area contributed by atoms with Crippen LogP contribution in [0.5, 0.6) is 0 Å². The SMILES string of the molecule is CC.CC.CC.CC(=O)OCCN(CCC=O)C(C)=O.CNCCCCCC(C)=O. The molecular formula is C23H50N2O5. The maximum absolute atomic E-state index is 11.0. The number of rotatable bonds is 12. The Morgan fingerprint density at radius 3 is 1.77 bits per heavy atom. The van der Waals surface area contributed by atoms with Gasteiger partial charge in [0.05, 0.1) is 6.54 Å². The van der Waals surface area contributed by atoms with E-state index in [4.69, 9.17) is 0 Å². The van der Waals surface area contributed by atoms with E-state index in [2.05, 4.69) is 10.1 Å². The van der Waals surface area contributed by atoms with Gasteiger partial charge in [-0.25, -0.2) is 0 Å². The van der Waals surface area contributed by atoms with Crippen molar-refractivity contribution in [3.05, 3.63) is 0 Å². The molecule has 0 aliphatic carbocycles. The Hall–Kier alpha value is -1.76. The van der Waals surface area contributed by atoms with E-state index in [0.29, 0.717) is 25.3 Å². The number of nitrogens with zero attached hydrogens (tertiary/aromatic N) is 1. The van der Waals surface area contributed by atoms with Crippen LogP contribution in [0, 0.1) is 0 Å². The number of unbranched alkanes of at least 4 members (excludes halogenated alkanes) is 2. The second-order valence-corrected chi connectivity index (χ2v) is 5.42.